The first-order valence-electron chi connectivity index (χ1n) is 7.28. The smallest absolute Gasteiger partial charge is 0.204 e. The van der Waals surface area contributed by atoms with Gasteiger partial charge in [-0.2, -0.15) is 0 Å². The van der Waals surface area contributed by atoms with Gasteiger partial charge in [0.1, 0.15) is 34.5 Å². The number of hydrogen-bond acceptors (Lipinski definition) is 7. The molecule has 130 valence electrons. The Bertz CT molecular complexity index is 1000. The Balaban J connectivity index is 2.32. The van der Waals surface area contributed by atoms with Crippen molar-refractivity contribution in [2.24, 2.45) is 0 Å². The second kappa shape index (κ2) is 6.27. The second-order valence-corrected chi connectivity index (χ2v) is 5.22. The summed E-state index contributed by atoms with van der Waals surface area (Å²) in [5.74, 6) is 0.424. The highest BCUT2D eigenvalue weighted by Crippen LogP contribution is 2.39. The number of fused-ring (bicyclic) bond motifs is 1. The van der Waals surface area contributed by atoms with Gasteiger partial charge in [0, 0.05) is 23.8 Å². The largest absolute Gasteiger partial charge is 0.507 e. The summed E-state index contributed by atoms with van der Waals surface area (Å²) in [4.78, 5) is 12.9. The number of benzene rings is 2. The van der Waals surface area contributed by atoms with Crippen LogP contribution in [0.2, 0.25) is 0 Å². The lowest BCUT2D eigenvalue weighted by molar-refractivity contribution is 0.366. The van der Waals surface area contributed by atoms with Crippen molar-refractivity contribution in [1.82, 2.24) is 0 Å². The van der Waals surface area contributed by atoms with Crippen molar-refractivity contribution in [3.8, 4) is 39.9 Å². The number of methoxy groups -OCH3 is 3. The first-order chi connectivity index (χ1) is 12.0. The molecule has 1 aromatic heterocycles. The average Bonchev–Trinajstić information content (AvgIpc) is 2.61. The highest BCUT2D eigenvalue weighted by atomic mass is 16.5. The van der Waals surface area contributed by atoms with E-state index in [9.17, 15) is 15.0 Å². The van der Waals surface area contributed by atoms with E-state index >= 15 is 0 Å². The molecule has 0 aliphatic carbocycles. The molecule has 0 aliphatic rings. The Hall–Kier alpha value is -3.35. The standard InChI is InChI=1S/C18H16O7/c1-22-9-4-13(20)17-16(5-9)25-8-11(18(17)21)10-6-15(24-3)12(19)7-14(10)23-2/h4-8,19-20H,1-3H3. The van der Waals surface area contributed by atoms with Crippen LogP contribution in [0.4, 0.5) is 0 Å². The number of ether oxygens (including phenoxy) is 3. The van der Waals surface area contributed by atoms with E-state index in [2.05, 4.69) is 0 Å². The van der Waals surface area contributed by atoms with Crippen molar-refractivity contribution >= 4 is 11.0 Å². The molecule has 0 atom stereocenters. The van der Waals surface area contributed by atoms with Crippen LogP contribution in [0.25, 0.3) is 22.1 Å². The molecular weight excluding hydrogens is 328 g/mol. The van der Waals surface area contributed by atoms with Crippen molar-refractivity contribution < 1.29 is 28.8 Å². The number of phenolic OH excluding ortho intramolecular Hbond substituents is 2. The van der Waals surface area contributed by atoms with Crippen LogP contribution in [0, 0.1) is 0 Å². The highest BCUT2D eigenvalue weighted by Gasteiger charge is 2.19. The van der Waals surface area contributed by atoms with Crippen LogP contribution < -0.4 is 19.6 Å². The van der Waals surface area contributed by atoms with E-state index in [0.717, 1.165) is 0 Å². The summed E-state index contributed by atoms with van der Waals surface area (Å²) in [7, 11) is 4.25. The van der Waals surface area contributed by atoms with Crippen molar-refractivity contribution in [3.05, 3.63) is 40.8 Å². The maximum absolute atomic E-state index is 12.9. The third kappa shape index (κ3) is 2.69. The summed E-state index contributed by atoms with van der Waals surface area (Å²) in [6, 6.07) is 5.64. The molecule has 0 fully saturated rings. The molecule has 1 heterocycles. The third-order valence-electron chi connectivity index (χ3n) is 3.86. The minimum absolute atomic E-state index is 0.0207. The van der Waals surface area contributed by atoms with E-state index < -0.39 is 5.43 Å². The monoisotopic (exact) mass is 344 g/mol. The summed E-state index contributed by atoms with van der Waals surface area (Å²) in [6.45, 7) is 0. The molecule has 3 aromatic rings. The van der Waals surface area contributed by atoms with Crippen LogP contribution in [0.15, 0.2) is 39.7 Å². The third-order valence-corrected chi connectivity index (χ3v) is 3.86. The van der Waals surface area contributed by atoms with Crippen LogP contribution in [0.3, 0.4) is 0 Å². The first kappa shape index (κ1) is 16.5. The van der Waals surface area contributed by atoms with Gasteiger partial charge < -0.3 is 28.8 Å². The molecule has 0 radical (unpaired) electrons. The molecule has 0 amide bonds. The molecule has 0 spiro atoms. The van der Waals surface area contributed by atoms with E-state index in [1.54, 1.807) is 0 Å². The molecule has 2 aromatic carbocycles. The van der Waals surface area contributed by atoms with E-state index in [1.165, 1.54) is 51.9 Å². The lowest BCUT2D eigenvalue weighted by Gasteiger charge is -2.12. The summed E-state index contributed by atoms with van der Waals surface area (Å²) in [5, 5.41) is 20.1. The molecule has 7 nitrogen and oxygen atoms in total. The van der Waals surface area contributed by atoms with Gasteiger partial charge in [0.2, 0.25) is 5.43 Å². The summed E-state index contributed by atoms with van der Waals surface area (Å²) < 4.78 is 20.9. The van der Waals surface area contributed by atoms with Gasteiger partial charge >= 0.3 is 0 Å². The fraction of sp³-hybridized carbons (Fsp3) is 0.167. The Morgan fingerprint density at radius 2 is 1.56 bits per heavy atom. The molecule has 0 saturated carbocycles. The molecule has 3 rings (SSSR count). The molecule has 25 heavy (non-hydrogen) atoms. The fourth-order valence-electron chi connectivity index (χ4n) is 2.60. The van der Waals surface area contributed by atoms with Gasteiger partial charge in [-0.15, -0.1) is 0 Å². The Kier molecular flexibility index (Phi) is 4.14. The van der Waals surface area contributed by atoms with Crippen LogP contribution in [-0.2, 0) is 0 Å². The maximum atomic E-state index is 12.9. The van der Waals surface area contributed by atoms with E-state index in [0.29, 0.717) is 11.3 Å². The zero-order valence-electron chi connectivity index (χ0n) is 13.8. The zero-order valence-corrected chi connectivity index (χ0v) is 13.8. The van der Waals surface area contributed by atoms with Gasteiger partial charge in [-0.05, 0) is 6.07 Å². The first-order valence-corrected chi connectivity index (χ1v) is 7.28. The van der Waals surface area contributed by atoms with Crippen molar-refractivity contribution in [1.29, 1.82) is 0 Å². The average molecular weight is 344 g/mol. The van der Waals surface area contributed by atoms with Crippen LogP contribution >= 0.6 is 0 Å². The maximum Gasteiger partial charge on any atom is 0.204 e. The number of phenols is 2. The molecule has 0 unspecified atom stereocenters. The normalized spacial score (nSPS) is 10.7. The van der Waals surface area contributed by atoms with Crippen molar-refractivity contribution in [2.45, 2.75) is 0 Å². The van der Waals surface area contributed by atoms with Crippen LogP contribution in [0.5, 0.6) is 28.7 Å². The minimum atomic E-state index is -0.451. The molecule has 7 heteroatoms. The molecule has 2 N–H and O–H groups in total. The minimum Gasteiger partial charge on any atom is -0.507 e. The Morgan fingerprint density at radius 3 is 2.20 bits per heavy atom. The SMILES string of the molecule is COc1cc(O)c2c(=O)c(-c3cc(OC)c(O)cc3OC)coc2c1. The lowest BCUT2D eigenvalue weighted by Crippen LogP contribution is -2.06. The topological polar surface area (TPSA) is 98.4 Å². The lowest BCUT2D eigenvalue weighted by atomic mass is 10.0. The Morgan fingerprint density at radius 1 is 0.840 bits per heavy atom. The van der Waals surface area contributed by atoms with Gasteiger partial charge in [0.25, 0.3) is 0 Å². The highest BCUT2D eigenvalue weighted by molar-refractivity contribution is 5.89. The molecular formula is C18H16O7. The molecule has 0 bridgehead atoms. The van der Waals surface area contributed by atoms with Crippen LogP contribution in [-0.4, -0.2) is 31.5 Å². The van der Waals surface area contributed by atoms with E-state index in [1.807, 2.05) is 0 Å². The number of aromatic hydroxyl groups is 2. The quantitative estimate of drug-likeness (QED) is 0.751. The second-order valence-electron chi connectivity index (χ2n) is 5.22. The summed E-state index contributed by atoms with van der Waals surface area (Å²) in [6.07, 6.45) is 1.26. The number of rotatable bonds is 4. The summed E-state index contributed by atoms with van der Waals surface area (Å²) >= 11 is 0. The molecule has 0 aliphatic heterocycles. The predicted octanol–water partition coefficient (Wildman–Crippen LogP) is 2.90. The van der Waals surface area contributed by atoms with Crippen LogP contribution in [0.1, 0.15) is 0 Å². The van der Waals surface area contributed by atoms with E-state index in [4.69, 9.17) is 18.6 Å². The van der Waals surface area contributed by atoms with E-state index in [-0.39, 0.29) is 39.5 Å². The number of hydrogen-bond donors (Lipinski definition) is 2. The van der Waals surface area contributed by atoms with Gasteiger partial charge in [0.05, 0.1) is 26.9 Å². The van der Waals surface area contributed by atoms with Gasteiger partial charge in [0.15, 0.2) is 11.5 Å². The predicted molar refractivity (Wildman–Crippen MR) is 90.9 cm³/mol. The van der Waals surface area contributed by atoms with Crippen molar-refractivity contribution in [3.63, 3.8) is 0 Å². The zero-order chi connectivity index (χ0) is 18.1. The molecule has 0 saturated heterocycles. The van der Waals surface area contributed by atoms with Gasteiger partial charge in [-0.1, -0.05) is 0 Å². The Labute approximate surface area is 142 Å². The van der Waals surface area contributed by atoms with Crippen molar-refractivity contribution in [2.75, 3.05) is 21.3 Å². The van der Waals surface area contributed by atoms with Gasteiger partial charge in [-0.25, -0.2) is 0 Å². The van der Waals surface area contributed by atoms with Gasteiger partial charge in [-0.3, -0.25) is 4.79 Å². The fourth-order valence-corrected chi connectivity index (χ4v) is 2.60. The summed E-state index contributed by atoms with van der Waals surface area (Å²) in [5.41, 5.74) is 0.258.